The first-order valence-electron chi connectivity index (χ1n) is 4.35. The Labute approximate surface area is 86.8 Å². The number of hydrogen-bond acceptors (Lipinski definition) is 3. The van der Waals surface area contributed by atoms with E-state index in [-0.39, 0.29) is 11.7 Å². The highest BCUT2D eigenvalue weighted by Crippen LogP contribution is 2.27. The Bertz CT molecular complexity index is 414. The number of aromatic nitrogens is 1. The summed E-state index contributed by atoms with van der Waals surface area (Å²) in [6.07, 6.45) is 3.19. The maximum absolute atomic E-state index is 11.8. The first-order valence-corrected chi connectivity index (χ1v) is 4.89. The van der Waals surface area contributed by atoms with Crippen molar-refractivity contribution in [3.8, 4) is 0 Å². The van der Waals surface area contributed by atoms with E-state index in [1.165, 1.54) is 0 Å². The normalized spacial score (nSPS) is 20.3. The van der Waals surface area contributed by atoms with Gasteiger partial charge in [0.05, 0.1) is 23.7 Å². The number of alkyl halides is 1. The summed E-state index contributed by atoms with van der Waals surface area (Å²) in [5.41, 5.74) is 1.99. The van der Waals surface area contributed by atoms with Gasteiger partial charge < -0.3 is 0 Å². The lowest BCUT2D eigenvalue weighted by Crippen LogP contribution is -2.25. The third-order valence-electron chi connectivity index (χ3n) is 2.36. The van der Waals surface area contributed by atoms with Gasteiger partial charge in [0.2, 0.25) is 0 Å². The fraction of sp³-hybridized carbons (Fsp3) is 0.300. The van der Waals surface area contributed by atoms with Crippen LogP contribution >= 0.6 is 11.6 Å². The van der Waals surface area contributed by atoms with Crippen LogP contribution in [0.25, 0.3) is 0 Å². The first kappa shape index (κ1) is 9.34. The smallest absolute Gasteiger partial charge is 0.173 e. The van der Waals surface area contributed by atoms with Gasteiger partial charge in [0, 0.05) is 17.5 Å². The molecular formula is C10H9ClN2O. The molecule has 0 N–H and O–H groups in total. The lowest BCUT2D eigenvalue weighted by molar-refractivity contribution is 0.0960. The van der Waals surface area contributed by atoms with E-state index in [9.17, 15) is 4.79 Å². The van der Waals surface area contributed by atoms with E-state index in [1.807, 2.05) is 6.92 Å². The second kappa shape index (κ2) is 3.50. The summed E-state index contributed by atoms with van der Waals surface area (Å²) in [5.74, 6) is 0.164. The molecule has 1 aromatic heterocycles. The summed E-state index contributed by atoms with van der Waals surface area (Å²) < 4.78 is 0. The molecule has 0 amide bonds. The Balaban J connectivity index is 2.57. The van der Waals surface area contributed by atoms with Gasteiger partial charge in [0.25, 0.3) is 0 Å². The quantitative estimate of drug-likeness (QED) is 0.665. The van der Waals surface area contributed by atoms with E-state index in [1.54, 1.807) is 18.5 Å². The lowest BCUT2D eigenvalue weighted by Gasteiger charge is -2.18. The van der Waals surface area contributed by atoms with Crippen LogP contribution in [0, 0.1) is 5.92 Å². The van der Waals surface area contributed by atoms with Crippen molar-refractivity contribution in [2.24, 2.45) is 10.9 Å². The van der Waals surface area contributed by atoms with E-state index < -0.39 is 0 Å². The molecule has 3 nitrogen and oxygen atoms in total. The van der Waals surface area contributed by atoms with Gasteiger partial charge in [-0.2, -0.15) is 0 Å². The Morgan fingerprint density at radius 3 is 3.07 bits per heavy atom. The van der Waals surface area contributed by atoms with Crippen molar-refractivity contribution in [1.29, 1.82) is 0 Å². The molecule has 72 valence electrons. The van der Waals surface area contributed by atoms with Crippen LogP contribution in [0.1, 0.15) is 17.3 Å². The van der Waals surface area contributed by atoms with Crippen LogP contribution in [0.5, 0.6) is 0 Å². The molecule has 1 unspecified atom stereocenters. The van der Waals surface area contributed by atoms with Crippen LogP contribution in [0.3, 0.4) is 0 Å². The fourth-order valence-corrected chi connectivity index (χ4v) is 1.76. The molecular weight excluding hydrogens is 200 g/mol. The summed E-state index contributed by atoms with van der Waals surface area (Å²) in [6.45, 7) is 1.83. The average Bonchev–Trinajstić information content (AvgIpc) is 2.23. The zero-order valence-electron chi connectivity index (χ0n) is 7.70. The molecule has 1 atom stereocenters. The third-order valence-corrected chi connectivity index (χ3v) is 2.63. The molecule has 0 aromatic carbocycles. The van der Waals surface area contributed by atoms with Crippen molar-refractivity contribution >= 4 is 28.8 Å². The highest BCUT2D eigenvalue weighted by Gasteiger charge is 2.26. The molecule has 0 bridgehead atoms. The maximum Gasteiger partial charge on any atom is 0.173 e. The van der Waals surface area contributed by atoms with Crippen LogP contribution in [0.15, 0.2) is 23.5 Å². The van der Waals surface area contributed by atoms with E-state index in [0.29, 0.717) is 17.1 Å². The van der Waals surface area contributed by atoms with Crippen LogP contribution in [0.4, 0.5) is 5.69 Å². The summed E-state index contributed by atoms with van der Waals surface area (Å²) in [6, 6.07) is 1.70. The van der Waals surface area contributed by atoms with Crippen molar-refractivity contribution in [3.63, 3.8) is 0 Å². The van der Waals surface area contributed by atoms with Crippen molar-refractivity contribution in [1.82, 2.24) is 4.98 Å². The molecule has 1 aliphatic rings. The van der Waals surface area contributed by atoms with Crippen LogP contribution in [-0.4, -0.2) is 22.4 Å². The number of pyridine rings is 1. The number of hydrogen-bond donors (Lipinski definition) is 0. The van der Waals surface area contributed by atoms with Gasteiger partial charge in [-0.25, -0.2) is 0 Å². The van der Waals surface area contributed by atoms with Crippen molar-refractivity contribution in [2.75, 3.05) is 5.88 Å². The van der Waals surface area contributed by atoms with Crippen LogP contribution in [-0.2, 0) is 0 Å². The van der Waals surface area contributed by atoms with Gasteiger partial charge in [0.1, 0.15) is 0 Å². The number of nitrogens with zero attached hydrogens (tertiary/aromatic N) is 2. The van der Waals surface area contributed by atoms with Crippen molar-refractivity contribution in [2.45, 2.75) is 6.92 Å². The number of fused-ring (bicyclic) bond motifs is 1. The zero-order valence-corrected chi connectivity index (χ0v) is 8.45. The van der Waals surface area contributed by atoms with E-state index in [0.717, 1.165) is 5.71 Å². The Kier molecular flexibility index (Phi) is 2.33. The Morgan fingerprint density at radius 2 is 2.36 bits per heavy atom. The molecule has 0 fully saturated rings. The molecule has 0 saturated heterocycles. The topological polar surface area (TPSA) is 42.3 Å². The van der Waals surface area contributed by atoms with Gasteiger partial charge in [-0.1, -0.05) is 0 Å². The van der Waals surface area contributed by atoms with Crippen molar-refractivity contribution < 1.29 is 4.79 Å². The van der Waals surface area contributed by atoms with Gasteiger partial charge in [-0.15, -0.1) is 11.6 Å². The lowest BCUT2D eigenvalue weighted by atomic mass is 9.92. The van der Waals surface area contributed by atoms with Gasteiger partial charge in [0.15, 0.2) is 5.78 Å². The minimum atomic E-state index is -0.206. The van der Waals surface area contributed by atoms with E-state index in [2.05, 4.69) is 9.98 Å². The Morgan fingerprint density at radius 1 is 1.57 bits per heavy atom. The molecule has 14 heavy (non-hydrogen) atoms. The summed E-state index contributed by atoms with van der Waals surface area (Å²) >= 11 is 5.70. The predicted octanol–water partition coefficient (Wildman–Crippen LogP) is 2.23. The summed E-state index contributed by atoms with van der Waals surface area (Å²) in [5, 5.41) is 0. The molecule has 1 aromatic rings. The summed E-state index contributed by atoms with van der Waals surface area (Å²) in [7, 11) is 0. The molecule has 4 heteroatoms. The molecule has 2 rings (SSSR count). The fourth-order valence-electron chi connectivity index (χ4n) is 1.47. The summed E-state index contributed by atoms with van der Waals surface area (Å²) in [4.78, 5) is 20.0. The molecule has 0 saturated carbocycles. The number of rotatable bonds is 1. The number of carbonyl (C=O) groups is 1. The number of aliphatic imine (C=N–C) groups is 1. The standard InChI is InChI=1S/C10H9ClN2O/c1-6-8(4-11)13-9-5-12-3-2-7(9)10(6)14/h2-3,5-6H,4H2,1H3. The van der Waals surface area contributed by atoms with E-state index >= 15 is 0 Å². The number of Topliss-reactive ketones (excluding diaryl/α,β-unsaturated/α-hetero) is 1. The highest BCUT2D eigenvalue weighted by atomic mass is 35.5. The maximum atomic E-state index is 11.8. The SMILES string of the molecule is CC1C(=O)c2ccncc2N=C1CCl. The largest absolute Gasteiger partial charge is 0.293 e. The minimum Gasteiger partial charge on any atom is -0.293 e. The predicted molar refractivity (Wildman–Crippen MR) is 55.5 cm³/mol. The number of halogens is 1. The molecule has 0 radical (unpaired) electrons. The first-order chi connectivity index (χ1) is 6.74. The second-order valence-electron chi connectivity index (χ2n) is 3.22. The number of carbonyl (C=O) groups excluding carboxylic acids is 1. The van der Waals surface area contributed by atoms with Gasteiger partial charge in [-0.3, -0.25) is 14.8 Å². The van der Waals surface area contributed by atoms with Gasteiger partial charge >= 0.3 is 0 Å². The highest BCUT2D eigenvalue weighted by molar-refractivity contribution is 6.33. The van der Waals surface area contributed by atoms with Crippen molar-refractivity contribution in [3.05, 3.63) is 24.0 Å². The molecule has 0 aliphatic carbocycles. The van der Waals surface area contributed by atoms with Crippen LogP contribution in [0.2, 0.25) is 0 Å². The molecule has 1 aliphatic heterocycles. The minimum absolute atomic E-state index is 0.0769. The zero-order chi connectivity index (χ0) is 10.1. The monoisotopic (exact) mass is 208 g/mol. The second-order valence-corrected chi connectivity index (χ2v) is 3.48. The Hall–Kier alpha value is -1.22. The molecule has 0 spiro atoms. The average molecular weight is 209 g/mol. The number of ketones is 1. The van der Waals surface area contributed by atoms with Crippen LogP contribution < -0.4 is 0 Å². The van der Waals surface area contributed by atoms with E-state index in [4.69, 9.17) is 11.6 Å². The molecule has 2 heterocycles. The van der Waals surface area contributed by atoms with Gasteiger partial charge in [-0.05, 0) is 13.0 Å². The third kappa shape index (κ3) is 1.34.